The molecule has 0 spiro atoms. The highest BCUT2D eigenvalue weighted by molar-refractivity contribution is 7.00. The largest absolute Gasteiger partial charge is 0.510 e. The van der Waals surface area contributed by atoms with Gasteiger partial charge in [0.15, 0.2) is 17.3 Å². The lowest BCUT2D eigenvalue weighted by atomic mass is 9.33. The van der Waals surface area contributed by atoms with Gasteiger partial charge in [-0.25, -0.2) is 0 Å². The summed E-state index contributed by atoms with van der Waals surface area (Å²) in [5.41, 5.74) is 22.2. The van der Waals surface area contributed by atoms with Crippen molar-refractivity contribution in [3.63, 3.8) is 0 Å². The number of anilines is 6. The number of terminal acetylenes is 1. The summed E-state index contributed by atoms with van der Waals surface area (Å²) >= 11 is 0. The third-order valence-corrected chi connectivity index (χ3v) is 19.2. The predicted molar refractivity (Wildman–Crippen MR) is 377 cm³/mol. The summed E-state index contributed by atoms with van der Waals surface area (Å²) in [5.74, 6) is -1.56. The maximum absolute atomic E-state index is 12.2. The van der Waals surface area contributed by atoms with E-state index in [2.05, 4.69) is 188 Å². The number of allylic oxidation sites excluding steroid dienone is 4. The number of aromatic hydroxyl groups is 4. The number of rotatable bonds is 7. The molecule has 0 amide bonds. The zero-order valence-electron chi connectivity index (χ0n) is 53.2. The van der Waals surface area contributed by atoms with Gasteiger partial charge in [0.2, 0.25) is 11.5 Å². The number of nitrogens with zero attached hydrogens (tertiary/aromatic N) is 3. The Kier molecular flexibility index (Phi) is 12.7. The van der Waals surface area contributed by atoms with Gasteiger partial charge < -0.3 is 53.8 Å². The second kappa shape index (κ2) is 20.3. The molecule has 3 aromatic heterocycles. The van der Waals surface area contributed by atoms with Crippen LogP contribution in [-0.4, -0.2) is 41.9 Å². The Morgan fingerprint density at radius 2 is 1.00 bits per heavy atom. The standard InChI is InChI=1S/C80H68BN3O8/c1-13-65(86)41(2)34-50(85)40-82-60-39-62-59(38-57(60)68-72(82)74(88)76(90)75(89)73(68)87)81-58-29-28-48(79(7,8)9)35-61(58)83(70-42(3)30-46(31-43(70)4)51-22-18-24-55-53-20-14-16-26-66(53)91-77(51)55)63-36-49(80(10,11)12)37-64(69(63)81)84(62)71-44(5)32-47(33-45(71)6)52-23-19-25-56-54-21-15-17-27-67(54)92-78(52)56/h1,14-39,85-90H,40H2,2-12H3/b50-34+,65-41+. The lowest BCUT2D eigenvalue weighted by Crippen LogP contribution is -2.61. The fraction of sp³-hybridized carbons (Fsp3) is 0.175. The summed E-state index contributed by atoms with van der Waals surface area (Å²) in [5, 5.41) is 74.2. The fourth-order valence-electron chi connectivity index (χ4n) is 14.8. The van der Waals surface area contributed by atoms with Crippen molar-refractivity contribution in [3.8, 4) is 57.6 Å². The van der Waals surface area contributed by atoms with Crippen LogP contribution in [-0.2, 0) is 17.4 Å². The van der Waals surface area contributed by atoms with Crippen molar-refractivity contribution < 1.29 is 39.5 Å². The summed E-state index contributed by atoms with van der Waals surface area (Å²) in [6.07, 6.45) is 6.92. The molecule has 0 unspecified atom stereocenters. The molecule has 2 aliphatic rings. The van der Waals surface area contributed by atoms with E-state index >= 15 is 0 Å². The molecule has 13 aromatic rings. The molecule has 0 saturated carbocycles. The van der Waals surface area contributed by atoms with Crippen molar-refractivity contribution in [1.29, 1.82) is 0 Å². The maximum Gasteiger partial charge on any atom is 0.252 e. The highest BCUT2D eigenvalue weighted by atomic mass is 16.3. The average Bonchev–Trinajstić information content (AvgIpc) is 1.02. The Balaban J connectivity index is 1.05. The van der Waals surface area contributed by atoms with E-state index in [1.54, 1.807) is 11.5 Å². The van der Waals surface area contributed by atoms with Gasteiger partial charge >= 0.3 is 0 Å². The average molecular weight is 1210 g/mol. The molecule has 11 nitrogen and oxygen atoms in total. The van der Waals surface area contributed by atoms with Gasteiger partial charge in [0.05, 0.1) is 28.8 Å². The van der Waals surface area contributed by atoms with E-state index in [0.29, 0.717) is 10.9 Å². The van der Waals surface area contributed by atoms with E-state index in [1.807, 2.05) is 48.5 Å². The number of benzene rings is 10. The monoisotopic (exact) mass is 1210 g/mol. The summed E-state index contributed by atoms with van der Waals surface area (Å²) in [4.78, 5) is 4.85. The number of fused-ring (bicyclic) bond motifs is 13. The molecule has 0 radical (unpaired) electrons. The molecule has 0 fully saturated rings. The van der Waals surface area contributed by atoms with Gasteiger partial charge in [-0.15, -0.1) is 6.42 Å². The molecule has 5 heterocycles. The van der Waals surface area contributed by atoms with Crippen LogP contribution in [0.5, 0.6) is 23.0 Å². The van der Waals surface area contributed by atoms with Crippen molar-refractivity contribution in [2.24, 2.45) is 0 Å². The number of aliphatic hydroxyl groups is 2. The van der Waals surface area contributed by atoms with E-state index in [1.165, 1.54) is 6.08 Å². The van der Waals surface area contributed by atoms with Crippen LogP contribution < -0.4 is 26.2 Å². The molecule has 15 rings (SSSR count). The topological polar surface area (TPSA) is 159 Å². The SMILES string of the molecule is C#C/C(O)=C(C)\C=C(\O)Cn1c2cc3c(cc2c2c(O)c(O)c(O)c(O)c21)B1c2ccc(C(C)(C)C)cc2N(c2c(C)cc(-c4cccc5c4oc4ccccc45)cc2C)c2cc(C(C)(C)C)cc(c21)N3c1c(C)cc(-c2cccc3c2oc2ccccc23)cc1C. The van der Waals surface area contributed by atoms with E-state index in [9.17, 15) is 30.6 Å². The molecule has 454 valence electrons. The summed E-state index contributed by atoms with van der Waals surface area (Å²) in [6.45, 7) is 22.9. The summed E-state index contributed by atoms with van der Waals surface area (Å²) in [6, 6.07) is 53.7. The molecule has 92 heavy (non-hydrogen) atoms. The first-order valence-electron chi connectivity index (χ1n) is 31.1. The van der Waals surface area contributed by atoms with E-state index in [4.69, 9.17) is 15.3 Å². The van der Waals surface area contributed by atoms with Crippen LogP contribution in [0, 0.1) is 40.0 Å². The van der Waals surface area contributed by atoms with E-state index in [0.717, 1.165) is 150 Å². The van der Waals surface area contributed by atoms with Gasteiger partial charge in [-0.3, -0.25) is 0 Å². The number of phenols is 4. The zero-order valence-corrected chi connectivity index (χ0v) is 53.2. The van der Waals surface area contributed by atoms with Crippen LogP contribution in [0.3, 0.4) is 0 Å². The normalized spacial score (nSPS) is 13.6. The predicted octanol–water partition coefficient (Wildman–Crippen LogP) is 18.6. The summed E-state index contributed by atoms with van der Waals surface area (Å²) < 4.78 is 14.9. The van der Waals surface area contributed by atoms with Crippen molar-refractivity contribution >= 4 is 123 Å². The molecular formula is C80H68BN3O8. The third-order valence-electron chi connectivity index (χ3n) is 19.2. The van der Waals surface area contributed by atoms with Crippen molar-refractivity contribution in [3.05, 3.63) is 208 Å². The Labute approximate surface area is 533 Å². The van der Waals surface area contributed by atoms with Crippen LogP contribution in [0.4, 0.5) is 34.1 Å². The first-order valence-corrected chi connectivity index (χ1v) is 31.1. The first-order chi connectivity index (χ1) is 43.9. The van der Waals surface area contributed by atoms with Gasteiger partial charge in [0, 0.05) is 66.4 Å². The number of hydrogen-bond acceptors (Lipinski definition) is 10. The fourth-order valence-corrected chi connectivity index (χ4v) is 14.8. The van der Waals surface area contributed by atoms with E-state index < -0.39 is 29.7 Å². The number of furan rings is 2. The number of aliphatic hydroxyl groups excluding tert-OH is 2. The summed E-state index contributed by atoms with van der Waals surface area (Å²) in [7, 11) is 0. The van der Waals surface area contributed by atoms with E-state index in [-0.39, 0.29) is 45.4 Å². The minimum atomic E-state index is -0.924. The van der Waals surface area contributed by atoms with Crippen molar-refractivity contribution in [2.45, 2.75) is 93.5 Å². The van der Waals surface area contributed by atoms with Crippen LogP contribution >= 0.6 is 0 Å². The molecule has 10 aromatic carbocycles. The Morgan fingerprint density at radius 1 is 0.522 bits per heavy atom. The smallest absolute Gasteiger partial charge is 0.252 e. The van der Waals surface area contributed by atoms with Crippen LogP contribution in [0.2, 0.25) is 0 Å². The quantitative estimate of drug-likeness (QED) is 0.0227. The molecular weight excluding hydrogens is 1140 g/mol. The lowest BCUT2D eigenvalue weighted by Gasteiger charge is -2.46. The molecule has 6 N–H and O–H groups in total. The van der Waals surface area contributed by atoms with Crippen LogP contribution in [0.15, 0.2) is 184 Å². The first kappa shape index (κ1) is 57.5. The molecule has 0 aliphatic carbocycles. The second-order valence-electron chi connectivity index (χ2n) is 27.2. The van der Waals surface area contributed by atoms with Gasteiger partial charge in [-0.05, 0) is 179 Å². The maximum atomic E-state index is 12.2. The van der Waals surface area contributed by atoms with Crippen molar-refractivity contribution in [2.75, 3.05) is 9.80 Å². The number of para-hydroxylation sites is 4. The Morgan fingerprint density at radius 3 is 1.51 bits per heavy atom. The zero-order chi connectivity index (χ0) is 64.5. The molecule has 0 atom stereocenters. The molecule has 0 saturated heterocycles. The van der Waals surface area contributed by atoms with Gasteiger partial charge in [0.25, 0.3) is 6.71 Å². The minimum Gasteiger partial charge on any atom is -0.510 e. The molecule has 2 aliphatic heterocycles. The minimum absolute atomic E-state index is 0.0369. The highest BCUT2D eigenvalue weighted by Crippen LogP contribution is 2.55. The van der Waals surface area contributed by atoms with Gasteiger partial charge in [0.1, 0.15) is 33.6 Å². The number of aryl methyl sites for hydroxylation is 4. The van der Waals surface area contributed by atoms with Crippen molar-refractivity contribution in [1.82, 2.24) is 4.57 Å². The van der Waals surface area contributed by atoms with Crippen LogP contribution in [0.25, 0.3) is 87.9 Å². The molecule has 12 heteroatoms. The molecule has 0 bridgehead atoms. The van der Waals surface area contributed by atoms with Crippen LogP contribution in [0.1, 0.15) is 81.8 Å². The second-order valence-corrected chi connectivity index (χ2v) is 27.2. The third kappa shape index (κ3) is 8.51. The number of phenolic OH excluding ortho intramolecular Hbond substituents is 4. The van der Waals surface area contributed by atoms with Gasteiger partial charge in [-0.2, -0.15) is 0 Å². The Hall–Kier alpha value is -10.9. The number of aromatic nitrogens is 1. The van der Waals surface area contributed by atoms with Gasteiger partial charge in [-0.1, -0.05) is 133 Å². The number of hydrogen-bond donors (Lipinski definition) is 6. The Bertz CT molecular complexity index is 5470. The highest BCUT2D eigenvalue weighted by Gasteiger charge is 2.46. The lowest BCUT2D eigenvalue weighted by molar-refractivity contribution is 0.349.